The van der Waals surface area contributed by atoms with Gasteiger partial charge in [0.1, 0.15) is 23.8 Å². The summed E-state index contributed by atoms with van der Waals surface area (Å²) in [4.78, 5) is 54.0. The predicted molar refractivity (Wildman–Crippen MR) is 292 cm³/mol. The monoisotopic (exact) mass is 1090 g/mol. The van der Waals surface area contributed by atoms with Gasteiger partial charge in [0.2, 0.25) is 17.8 Å². The number of alkyl halides is 5. The zero-order chi connectivity index (χ0) is 54.9. The second-order valence-electron chi connectivity index (χ2n) is 21.1. The topological polar surface area (TPSA) is 172 Å². The first-order valence-electron chi connectivity index (χ1n) is 27.7. The summed E-state index contributed by atoms with van der Waals surface area (Å²) in [6, 6.07) is 14.9. The molecule has 2 aromatic carbocycles. The lowest BCUT2D eigenvalue weighted by atomic mass is 10.1. The summed E-state index contributed by atoms with van der Waals surface area (Å²) in [5.41, 5.74) is 5.03. The van der Waals surface area contributed by atoms with Gasteiger partial charge in [-0.05, 0) is 126 Å². The molecule has 78 heavy (non-hydrogen) atoms. The highest BCUT2D eigenvalue weighted by Gasteiger charge is 2.42. The van der Waals surface area contributed by atoms with E-state index < -0.39 is 18.2 Å². The van der Waals surface area contributed by atoms with Crippen LogP contribution in [-0.4, -0.2) is 175 Å². The van der Waals surface area contributed by atoms with Gasteiger partial charge in [-0.1, -0.05) is 13.8 Å². The number of amides is 2. The number of aromatic nitrogens is 4. The molecule has 4 aromatic rings. The summed E-state index contributed by atoms with van der Waals surface area (Å²) in [5, 5.41) is 12.2. The van der Waals surface area contributed by atoms with Crippen LogP contribution in [0.25, 0.3) is 0 Å². The van der Waals surface area contributed by atoms with Gasteiger partial charge in [-0.3, -0.25) is 14.6 Å². The maximum Gasteiger partial charge on any atom is 0.421 e. The third-order valence-corrected chi connectivity index (χ3v) is 16.0. The normalized spacial score (nSPS) is 21.8. The largest absolute Gasteiger partial charge is 0.449 e. The van der Waals surface area contributed by atoms with Gasteiger partial charge in [0, 0.05) is 131 Å². The fourth-order valence-corrected chi connectivity index (χ4v) is 11.5. The molecule has 4 atom stereocenters. The van der Waals surface area contributed by atoms with E-state index in [0.717, 1.165) is 87.0 Å². The van der Waals surface area contributed by atoms with Crippen LogP contribution in [0.4, 0.5) is 73.0 Å². The van der Waals surface area contributed by atoms with Crippen LogP contribution in [0.15, 0.2) is 48.8 Å². The van der Waals surface area contributed by atoms with Crippen LogP contribution in [0.2, 0.25) is 0 Å². The lowest BCUT2D eigenvalue weighted by Crippen LogP contribution is -2.52. The smallest absolute Gasteiger partial charge is 0.421 e. The number of aryl methyl sites for hydroxylation is 2. The number of nitrogens with one attached hydrogen (secondary N) is 4. The molecule has 10 rings (SSSR count). The van der Waals surface area contributed by atoms with Crippen LogP contribution in [0, 0.1) is 0 Å². The number of anilines is 8. The Labute approximate surface area is 453 Å². The Morgan fingerprint density at radius 2 is 1.35 bits per heavy atom. The quantitative estimate of drug-likeness (QED) is 0.0518. The number of carbonyl (C=O) groups is 2. The minimum absolute atomic E-state index is 0.0454. The minimum atomic E-state index is -4.60. The number of hydrogen-bond acceptors (Lipinski definition) is 16. The van der Waals surface area contributed by atoms with E-state index in [2.05, 4.69) is 113 Å². The van der Waals surface area contributed by atoms with Crippen LogP contribution < -0.4 is 31.1 Å². The highest BCUT2D eigenvalue weighted by molar-refractivity contribution is 5.77. The first-order valence-corrected chi connectivity index (χ1v) is 27.7. The molecule has 0 radical (unpaired) electrons. The highest BCUT2D eigenvalue weighted by Crippen LogP contribution is 2.38. The van der Waals surface area contributed by atoms with Crippen LogP contribution >= 0.6 is 0 Å². The van der Waals surface area contributed by atoms with E-state index in [1.165, 1.54) is 36.8 Å². The van der Waals surface area contributed by atoms with Crippen molar-refractivity contribution in [2.75, 3.05) is 130 Å². The molecule has 8 heterocycles. The van der Waals surface area contributed by atoms with E-state index in [0.29, 0.717) is 82.9 Å². The number of rotatable bonds is 19. The second kappa shape index (κ2) is 25.6. The van der Waals surface area contributed by atoms with Gasteiger partial charge < -0.3 is 50.3 Å². The second-order valence-corrected chi connectivity index (χ2v) is 21.1. The number of carbonyl (C=O) groups excluding carboxylic acids is 2. The number of hydrogen-bond donors (Lipinski definition) is 4. The van der Waals surface area contributed by atoms with E-state index in [9.17, 15) is 31.5 Å². The molecule has 6 saturated heterocycles. The van der Waals surface area contributed by atoms with Crippen molar-refractivity contribution >= 4 is 58.3 Å². The molecule has 424 valence electrons. The molecule has 2 unspecified atom stereocenters. The molecule has 4 N–H and O–H groups in total. The maximum atomic E-state index is 13.7. The SMILES string of the molecule is CCc1cc(N2CC3CC2CN3C)ccc1Nc1ncc(C(F)(F)F)c(NCCCN2CCCOCC2=O)n1.CCc1cc(N2C[C@H]3CC[C@@H](C2)N3C)ccc1Nc1ncc(C(F)F)c(NCCCN2CCCCOC2=O)n1. The Balaban J connectivity index is 0.000000190. The van der Waals surface area contributed by atoms with Gasteiger partial charge >= 0.3 is 12.3 Å². The average molecular weight is 1090 g/mol. The lowest BCUT2D eigenvalue weighted by Gasteiger charge is -2.40. The number of piperazine rings is 2. The van der Waals surface area contributed by atoms with Gasteiger partial charge in [0.25, 0.3) is 6.43 Å². The van der Waals surface area contributed by atoms with Crippen LogP contribution in [0.1, 0.15) is 93.9 Å². The van der Waals surface area contributed by atoms with Crippen molar-refractivity contribution in [3.8, 4) is 0 Å². The Hall–Kier alpha value is -6.33. The molecule has 0 aliphatic carbocycles. The molecule has 4 bridgehead atoms. The van der Waals surface area contributed by atoms with Crippen molar-refractivity contribution in [1.82, 2.24) is 39.5 Å². The fraction of sp³-hybridized carbons (Fsp3) is 0.600. The van der Waals surface area contributed by atoms with Gasteiger partial charge in [-0.25, -0.2) is 23.5 Å². The van der Waals surface area contributed by atoms with E-state index in [1.54, 1.807) is 9.80 Å². The van der Waals surface area contributed by atoms with Crippen LogP contribution in [0.3, 0.4) is 0 Å². The third kappa shape index (κ3) is 13.7. The number of halogens is 5. The molecular formula is C55H75F5N14O4. The molecule has 2 aromatic heterocycles. The number of nitrogens with zero attached hydrogens (tertiary/aromatic N) is 10. The predicted octanol–water partition coefficient (Wildman–Crippen LogP) is 8.78. The standard InChI is InChI=1S/C28H39F2N7O2.C27H36F3N7O2/c1-3-19-15-20(37-17-21-7-8-22(18-37)35(21)2)9-10-24(19)33-27-32-16-23(25(29)30)26(34-27)31-11-6-13-36-12-4-5-14-39-28(36)38;1-3-18-12-19(37-16-20-13-21(37)15-35(20)2)6-7-23(18)33-26-32-14-22(27(28,29)30)25(34-26)31-8-4-9-36-10-5-11-39-17-24(36)38/h9-10,15-16,21-22,25H,3-8,11-14,17-18H2,1-2H3,(H2,31,32,33,34);6-7,12,14,20-21H,3-5,8-11,13,15-17H2,1-2H3,(H2,31,32,33,34)/t21-,22+;. The molecule has 6 fully saturated rings. The molecule has 2 amide bonds. The number of cyclic esters (lactones) is 1. The molecule has 18 nitrogen and oxygen atoms in total. The first kappa shape index (κ1) is 56.4. The summed E-state index contributed by atoms with van der Waals surface area (Å²) < 4.78 is 78.8. The molecule has 0 saturated carbocycles. The van der Waals surface area contributed by atoms with E-state index in [1.807, 2.05) is 12.1 Å². The summed E-state index contributed by atoms with van der Waals surface area (Å²) in [6.45, 7) is 12.1. The van der Waals surface area contributed by atoms with Crippen molar-refractivity contribution in [2.24, 2.45) is 0 Å². The average Bonchev–Trinajstić information content (AvgIpc) is 4.07. The highest BCUT2D eigenvalue weighted by atomic mass is 19.4. The van der Waals surface area contributed by atoms with E-state index in [-0.39, 0.29) is 54.2 Å². The minimum Gasteiger partial charge on any atom is -0.449 e. The summed E-state index contributed by atoms with van der Waals surface area (Å²) in [7, 11) is 4.41. The number of fused-ring (bicyclic) bond motifs is 4. The Bertz CT molecular complexity index is 2670. The van der Waals surface area contributed by atoms with Gasteiger partial charge in [-0.15, -0.1) is 0 Å². The number of likely N-dealkylation sites (N-methyl/N-ethyl adjacent to an activating group) is 2. The van der Waals surface area contributed by atoms with Gasteiger partial charge in [0.15, 0.2) is 0 Å². The zero-order valence-electron chi connectivity index (χ0n) is 45.3. The molecule has 6 aliphatic heterocycles. The van der Waals surface area contributed by atoms with E-state index in [4.69, 9.17) is 9.47 Å². The van der Waals surface area contributed by atoms with Crippen molar-refractivity contribution in [3.05, 3.63) is 71.0 Å². The number of likely N-dealkylation sites (tertiary alicyclic amines) is 1. The van der Waals surface area contributed by atoms with Crippen molar-refractivity contribution in [1.29, 1.82) is 0 Å². The Morgan fingerprint density at radius 3 is 1.99 bits per heavy atom. The van der Waals surface area contributed by atoms with Crippen LogP contribution in [-0.2, 0) is 33.3 Å². The molecular weight excluding hydrogens is 1020 g/mol. The Morgan fingerprint density at radius 1 is 0.718 bits per heavy atom. The molecule has 23 heteroatoms. The fourth-order valence-electron chi connectivity index (χ4n) is 11.5. The number of ether oxygens (including phenoxy) is 2. The summed E-state index contributed by atoms with van der Waals surface area (Å²) >= 11 is 0. The summed E-state index contributed by atoms with van der Waals surface area (Å²) in [5.74, 6) is 0.0768. The first-order chi connectivity index (χ1) is 37.6. The van der Waals surface area contributed by atoms with Crippen LogP contribution in [0.5, 0.6) is 0 Å². The number of benzene rings is 2. The maximum absolute atomic E-state index is 13.7. The summed E-state index contributed by atoms with van der Waals surface area (Å²) in [6.07, 6.45) is 3.18. The van der Waals surface area contributed by atoms with Crippen molar-refractivity contribution < 1.29 is 41.0 Å². The molecule has 6 aliphatic rings. The lowest BCUT2D eigenvalue weighted by molar-refractivity contribution is -0.137. The third-order valence-electron chi connectivity index (χ3n) is 16.0. The van der Waals surface area contributed by atoms with Crippen molar-refractivity contribution in [3.63, 3.8) is 0 Å². The van der Waals surface area contributed by atoms with Gasteiger partial charge in [-0.2, -0.15) is 23.1 Å². The molecule has 0 spiro atoms. The Kier molecular flexibility index (Phi) is 18.5. The van der Waals surface area contributed by atoms with Crippen molar-refractivity contribution in [2.45, 2.75) is 115 Å². The van der Waals surface area contributed by atoms with Gasteiger partial charge in [0.05, 0.1) is 12.2 Å². The van der Waals surface area contributed by atoms with E-state index >= 15 is 0 Å². The zero-order valence-corrected chi connectivity index (χ0v) is 45.3.